The van der Waals surface area contributed by atoms with E-state index in [1.165, 1.54) is 0 Å². The topological polar surface area (TPSA) is 50.1 Å². The van der Waals surface area contributed by atoms with Crippen LogP contribution in [0.1, 0.15) is 24.4 Å². The van der Waals surface area contributed by atoms with Crippen molar-refractivity contribution < 1.29 is 5.11 Å². The Bertz CT molecular complexity index is 476. The molecule has 2 N–H and O–H groups in total. The molecule has 0 bridgehead atoms. The highest BCUT2D eigenvalue weighted by molar-refractivity contribution is 7.10. The van der Waals surface area contributed by atoms with Gasteiger partial charge in [0.1, 0.15) is 5.60 Å². The Labute approximate surface area is 111 Å². The molecule has 0 aliphatic carbocycles. The number of aromatic nitrogens is 2. The monoisotopic (exact) mass is 265 g/mol. The van der Waals surface area contributed by atoms with Crippen molar-refractivity contribution in [1.29, 1.82) is 0 Å². The molecule has 5 heteroatoms. The lowest BCUT2D eigenvalue weighted by Crippen LogP contribution is -2.34. The molecule has 0 aliphatic rings. The Hall–Kier alpha value is -1.17. The fourth-order valence-electron chi connectivity index (χ4n) is 1.90. The fraction of sp³-hybridized carbons (Fsp3) is 0.462. The summed E-state index contributed by atoms with van der Waals surface area (Å²) in [5, 5.41) is 19.8. The van der Waals surface area contributed by atoms with Crippen molar-refractivity contribution in [1.82, 2.24) is 15.1 Å². The molecule has 1 unspecified atom stereocenters. The summed E-state index contributed by atoms with van der Waals surface area (Å²) in [6.45, 7) is 6.02. The molecule has 0 saturated heterocycles. The minimum atomic E-state index is -0.814. The van der Waals surface area contributed by atoms with E-state index in [1.54, 1.807) is 17.5 Å². The normalized spacial score (nSPS) is 14.6. The second-order valence-corrected chi connectivity index (χ2v) is 5.44. The van der Waals surface area contributed by atoms with E-state index >= 15 is 0 Å². The van der Waals surface area contributed by atoms with Crippen LogP contribution in [0.15, 0.2) is 29.8 Å². The molecule has 0 fully saturated rings. The van der Waals surface area contributed by atoms with Crippen LogP contribution in [0.3, 0.4) is 0 Å². The summed E-state index contributed by atoms with van der Waals surface area (Å²) in [6.07, 6.45) is 1.80. The van der Waals surface area contributed by atoms with Crippen LogP contribution in [-0.2, 0) is 18.7 Å². The maximum atomic E-state index is 10.4. The second-order valence-electron chi connectivity index (χ2n) is 4.49. The third kappa shape index (κ3) is 2.98. The number of hydrogen-bond acceptors (Lipinski definition) is 4. The molecule has 4 nitrogen and oxygen atoms in total. The van der Waals surface area contributed by atoms with Crippen LogP contribution in [0.5, 0.6) is 0 Å². The van der Waals surface area contributed by atoms with Gasteiger partial charge in [0.25, 0.3) is 0 Å². The van der Waals surface area contributed by atoms with Crippen LogP contribution in [-0.4, -0.2) is 21.4 Å². The van der Waals surface area contributed by atoms with Crippen LogP contribution in [0.25, 0.3) is 0 Å². The maximum absolute atomic E-state index is 10.4. The largest absolute Gasteiger partial charge is 0.383 e. The molecule has 0 amide bonds. The number of aliphatic hydroxyl groups is 1. The van der Waals surface area contributed by atoms with Gasteiger partial charge in [-0.15, -0.1) is 11.3 Å². The smallest absolute Gasteiger partial charge is 0.108 e. The standard InChI is InChI=1S/C13H19N3OS/c1-3-16-11(6-7-15-16)9-14-10-13(2,17)12-5-4-8-18-12/h4-8,14,17H,3,9-10H2,1-2H3. The predicted molar refractivity (Wildman–Crippen MR) is 73.5 cm³/mol. The predicted octanol–water partition coefficient (Wildman–Crippen LogP) is 1.96. The lowest BCUT2D eigenvalue weighted by molar-refractivity contribution is 0.0602. The molecular formula is C13H19N3OS. The molecule has 2 aromatic heterocycles. The highest BCUT2D eigenvalue weighted by Gasteiger charge is 2.23. The van der Waals surface area contributed by atoms with E-state index in [0.717, 1.165) is 23.7 Å². The van der Waals surface area contributed by atoms with Crippen molar-refractivity contribution >= 4 is 11.3 Å². The molecule has 18 heavy (non-hydrogen) atoms. The van der Waals surface area contributed by atoms with Gasteiger partial charge in [-0.2, -0.15) is 5.10 Å². The third-order valence-electron chi connectivity index (χ3n) is 2.93. The molecule has 0 saturated carbocycles. The average molecular weight is 265 g/mol. The molecule has 2 heterocycles. The zero-order valence-electron chi connectivity index (χ0n) is 10.8. The molecule has 0 spiro atoms. The Balaban J connectivity index is 1.89. The van der Waals surface area contributed by atoms with Crippen LogP contribution in [0.4, 0.5) is 0 Å². The molecule has 2 aromatic rings. The lowest BCUT2D eigenvalue weighted by Gasteiger charge is -2.22. The average Bonchev–Trinajstić information content (AvgIpc) is 2.99. The number of nitrogens with one attached hydrogen (secondary N) is 1. The van der Waals surface area contributed by atoms with Gasteiger partial charge in [-0.05, 0) is 31.4 Å². The Morgan fingerprint density at radius 2 is 2.33 bits per heavy atom. The number of rotatable bonds is 6. The summed E-state index contributed by atoms with van der Waals surface area (Å²) in [7, 11) is 0. The van der Waals surface area contributed by atoms with E-state index < -0.39 is 5.60 Å². The number of hydrogen-bond donors (Lipinski definition) is 2. The molecule has 0 aromatic carbocycles. The highest BCUT2D eigenvalue weighted by atomic mass is 32.1. The summed E-state index contributed by atoms with van der Waals surface area (Å²) in [6, 6.07) is 5.92. The molecule has 2 rings (SSSR count). The minimum Gasteiger partial charge on any atom is -0.383 e. The zero-order valence-corrected chi connectivity index (χ0v) is 11.6. The van der Waals surface area contributed by atoms with Crippen LogP contribution >= 0.6 is 11.3 Å². The summed E-state index contributed by atoms with van der Waals surface area (Å²) < 4.78 is 1.95. The third-order valence-corrected chi connectivity index (χ3v) is 4.05. The SMILES string of the molecule is CCn1nccc1CNCC(C)(O)c1cccs1. The van der Waals surface area contributed by atoms with Gasteiger partial charge in [0.15, 0.2) is 0 Å². The van der Waals surface area contributed by atoms with Crippen LogP contribution < -0.4 is 5.32 Å². The quantitative estimate of drug-likeness (QED) is 0.839. The Morgan fingerprint density at radius 1 is 1.50 bits per heavy atom. The van der Waals surface area contributed by atoms with E-state index in [9.17, 15) is 5.11 Å². The van der Waals surface area contributed by atoms with E-state index in [2.05, 4.69) is 17.3 Å². The first-order chi connectivity index (χ1) is 8.63. The van der Waals surface area contributed by atoms with Crippen LogP contribution in [0, 0.1) is 0 Å². The molecule has 1 atom stereocenters. The van der Waals surface area contributed by atoms with Crippen molar-refractivity contribution in [3.8, 4) is 0 Å². The van der Waals surface area contributed by atoms with Gasteiger partial charge in [0.2, 0.25) is 0 Å². The summed E-state index contributed by atoms with van der Waals surface area (Å²) >= 11 is 1.58. The van der Waals surface area contributed by atoms with E-state index in [0.29, 0.717) is 6.54 Å². The summed E-state index contributed by atoms with van der Waals surface area (Å²) in [5.41, 5.74) is 0.324. The van der Waals surface area contributed by atoms with Gasteiger partial charge in [0.05, 0.1) is 5.69 Å². The fourth-order valence-corrected chi connectivity index (χ4v) is 2.69. The van der Waals surface area contributed by atoms with E-state index in [1.807, 2.05) is 35.2 Å². The molecule has 0 radical (unpaired) electrons. The summed E-state index contributed by atoms with van der Waals surface area (Å²) in [5.74, 6) is 0. The van der Waals surface area contributed by atoms with Crippen molar-refractivity contribution in [2.45, 2.75) is 32.5 Å². The van der Waals surface area contributed by atoms with Gasteiger partial charge in [-0.1, -0.05) is 6.07 Å². The van der Waals surface area contributed by atoms with Crippen molar-refractivity contribution in [3.63, 3.8) is 0 Å². The van der Waals surface area contributed by atoms with Crippen molar-refractivity contribution in [2.75, 3.05) is 6.54 Å². The number of thiophene rings is 1. The number of aryl methyl sites for hydroxylation is 1. The van der Waals surface area contributed by atoms with Gasteiger partial charge >= 0.3 is 0 Å². The van der Waals surface area contributed by atoms with E-state index in [4.69, 9.17) is 0 Å². The van der Waals surface area contributed by atoms with Gasteiger partial charge < -0.3 is 10.4 Å². The number of nitrogens with zero attached hydrogens (tertiary/aromatic N) is 2. The maximum Gasteiger partial charge on any atom is 0.108 e. The van der Waals surface area contributed by atoms with Crippen molar-refractivity contribution in [3.05, 3.63) is 40.3 Å². The summed E-state index contributed by atoms with van der Waals surface area (Å²) in [4.78, 5) is 0.985. The Morgan fingerprint density at radius 3 is 3.00 bits per heavy atom. The van der Waals surface area contributed by atoms with Crippen LogP contribution in [0.2, 0.25) is 0 Å². The zero-order chi connectivity index (χ0) is 13.0. The van der Waals surface area contributed by atoms with E-state index in [-0.39, 0.29) is 0 Å². The first kappa shape index (κ1) is 13.3. The lowest BCUT2D eigenvalue weighted by atomic mass is 10.1. The van der Waals surface area contributed by atoms with Crippen molar-refractivity contribution in [2.24, 2.45) is 0 Å². The van der Waals surface area contributed by atoms with Gasteiger partial charge in [0, 0.05) is 30.7 Å². The molecular weight excluding hydrogens is 246 g/mol. The van der Waals surface area contributed by atoms with Gasteiger partial charge in [-0.25, -0.2) is 0 Å². The second kappa shape index (κ2) is 5.65. The highest BCUT2D eigenvalue weighted by Crippen LogP contribution is 2.24. The molecule has 0 aliphatic heterocycles. The van der Waals surface area contributed by atoms with Gasteiger partial charge in [-0.3, -0.25) is 4.68 Å². The first-order valence-corrected chi connectivity index (χ1v) is 6.99. The Kier molecular flexibility index (Phi) is 4.16. The molecule has 98 valence electrons. The first-order valence-electron chi connectivity index (χ1n) is 6.11. The minimum absolute atomic E-state index is 0.530.